The second-order valence-electron chi connectivity index (χ2n) is 8.85. The molecule has 1 heterocycles. The molecule has 4 aromatic rings. The van der Waals surface area contributed by atoms with Gasteiger partial charge < -0.3 is 15.4 Å². The summed E-state index contributed by atoms with van der Waals surface area (Å²) < 4.78 is 47.0. The first-order valence-electron chi connectivity index (χ1n) is 12.1. The summed E-state index contributed by atoms with van der Waals surface area (Å²) >= 11 is 1.02. The maximum Gasteiger partial charge on any atom is 0.416 e. The van der Waals surface area contributed by atoms with E-state index >= 15 is 0 Å². The molecular weight excluding hydrogens is 543 g/mol. The van der Waals surface area contributed by atoms with Gasteiger partial charge in [0.05, 0.1) is 30.7 Å². The molecular formula is C28H26F3N5O3S. The van der Waals surface area contributed by atoms with Crippen molar-refractivity contribution in [2.45, 2.75) is 31.7 Å². The van der Waals surface area contributed by atoms with Gasteiger partial charge >= 0.3 is 6.18 Å². The third kappa shape index (κ3) is 7.00. The van der Waals surface area contributed by atoms with Crippen molar-refractivity contribution in [3.8, 4) is 11.4 Å². The molecule has 1 aromatic heterocycles. The van der Waals surface area contributed by atoms with Crippen LogP contribution in [0.4, 0.5) is 18.9 Å². The van der Waals surface area contributed by atoms with Gasteiger partial charge in [-0.05, 0) is 67.4 Å². The number of nitrogens with zero attached hydrogens (tertiary/aromatic N) is 3. The minimum Gasteiger partial charge on any atom is -0.497 e. The average Bonchev–Trinajstić information content (AvgIpc) is 3.35. The Morgan fingerprint density at radius 2 is 1.77 bits per heavy atom. The molecule has 0 atom stereocenters. The first-order valence-corrected chi connectivity index (χ1v) is 13.1. The van der Waals surface area contributed by atoms with Crippen molar-refractivity contribution in [2.75, 3.05) is 18.2 Å². The summed E-state index contributed by atoms with van der Waals surface area (Å²) in [5.74, 6) is -0.129. The van der Waals surface area contributed by atoms with Gasteiger partial charge in [-0.25, -0.2) is 0 Å². The molecule has 12 heteroatoms. The van der Waals surface area contributed by atoms with Crippen molar-refractivity contribution in [1.29, 1.82) is 0 Å². The van der Waals surface area contributed by atoms with E-state index in [2.05, 4.69) is 20.8 Å². The molecule has 0 unspecified atom stereocenters. The fourth-order valence-corrected chi connectivity index (χ4v) is 4.57. The maximum absolute atomic E-state index is 13.5. The van der Waals surface area contributed by atoms with Gasteiger partial charge in [-0.1, -0.05) is 36.0 Å². The Hall–Kier alpha value is -4.32. The second-order valence-corrected chi connectivity index (χ2v) is 9.79. The zero-order valence-electron chi connectivity index (χ0n) is 21.9. The van der Waals surface area contributed by atoms with Crippen LogP contribution in [0.5, 0.6) is 5.75 Å². The Balaban J connectivity index is 1.58. The molecule has 0 saturated heterocycles. The first-order chi connectivity index (χ1) is 19.0. The number of halogens is 3. The number of amides is 2. The molecule has 40 heavy (non-hydrogen) atoms. The Bertz CT molecular complexity index is 1540. The second kappa shape index (κ2) is 12.2. The smallest absolute Gasteiger partial charge is 0.416 e. The van der Waals surface area contributed by atoms with Crippen LogP contribution in [0.2, 0.25) is 0 Å². The fraction of sp³-hybridized carbons (Fsp3) is 0.214. The normalized spacial score (nSPS) is 11.2. The number of methoxy groups -OCH3 is 1. The molecule has 0 aliphatic heterocycles. The van der Waals surface area contributed by atoms with Gasteiger partial charge in [0.2, 0.25) is 5.91 Å². The number of rotatable bonds is 9. The van der Waals surface area contributed by atoms with E-state index in [1.165, 1.54) is 23.8 Å². The molecule has 0 radical (unpaired) electrons. The molecule has 3 aromatic carbocycles. The number of hydrogen-bond acceptors (Lipinski definition) is 6. The van der Waals surface area contributed by atoms with Crippen molar-refractivity contribution in [2.24, 2.45) is 0 Å². The van der Waals surface area contributed by atoms with Crippen LogP contribution in [0.15, 0.2) is 71.9 Å². The summed E-state index contributed by atoms with van der Waals surface area (Å²) in [4.78, 5) is 25.4. The summed E-state index contributed by atoms with van der Waals surface area (Å²) in [6, 6.07) is 16.9. The summed E-state index contributed by atoms with van der Waals surface area (Å²) in [6.45, 7) is 3.66. The quantitative estimate of drug-likeness (QED) is 0.256. The van der Waals surface area contributed by atoms with E-state index in [-0.39, 0.29) is 34.9 Å². The van der Waals surface area contributed by atoms with Gasteiger partial charge in [0, 0.05) is 11.3 Å². The largest absolute Gasteiger partial charge is 0.497 e. The van der Waals surface area contributed by atoms with Crippen LogP contribution < -0.4 is 15.4 Å². The monoisotopic (exact) mass is 569 g/mol. The third-order valence-corrected chi connectivity index (χ3v) is 6.80. The third-order valence-electron chi connectivity index (χ3n) is 5.87. The average molecular weight is 570 g/mol. The number of benzene rings is 3. The summed E-state index contributed by atoms with van der Waals surface area (Å²) in [5, 5.41) is 14.0. The molecule has 0 spiro atoms. The fourth-order valence-electron chi connectivity index (χ4n) is 3.80. The highest BCUT2D eigenvalue weighted by Gasteiger charge is 2.31. The number of carbonyl (C=O) groups is 2. The van der Waals surface area contributed by atoms with Crippen LogP contribution in [0.25, 0.3) is 5.69 Å². The van der Waals surface area contributed by atoms with Gasteiger partial charge in [0.15, 0.2) is 11.0 Å². The predicted octanol–water partition coefficient (Wildman–Crippen LogP) is 5.57. The number of aromatic nitrogens is 3. The van der Waals surface area contributed by atoms with E-state index in [9.17, 15) is 22.8 Å². The Labute approximate surface area is 233 Å². The summed E-state index contributed by atoms with van der Waals surface area (Å²) in [7, 11) is 1.48. The Morgan fingerprint density at radius 3 is 2.52 bits per heavy atom. The minimum absolute atomic E-state index is 0.0688. The van der Waals surface area contributed by atoms with E-state index in [0.717, 1.165) is 35.0 Å². The lowest BCUT2D eigenvalue weighted by atomic mass is 10.1. The molecule has 0 saturated carbocycles. The molecule has 2 amide bonds. The van der Waals surface area contributed by atoms with Crippen LogP contribution in [-0.2, 0) is 17.5 Å². The highest BCUT2D eigenvalue weighted by molar-refractivity contribution is 7.99. The van der Waals surface area contributed by atoms with Crippen molar-refractivity contribution >= 4 is 29.3 Å². The molecule has 0 aliphatic carbocycles. The van der Waals surface area contributed by atoms with Crippen LogP contribution in [0.1, 0.15) is 32.9 Å². The van der Waals surface area contributed by atoms with Gasteiger partial charge in [-0.3, -0.25) is 14.2 Å². The summed E-state index contributed by atoms with van der Waals surface area (Å²) in [5.41, 5.74) is 2.17. The highest BCUT2D eigenvalue weighted by Crippen LogP contribution is 2.32. The zero-order chi connectivity index (χ0) is 28.9. The number of ether oxygens (including phenoxy) is 1. The molecule has 4 rings (SSSR count). The molecule has 0 bridgehead atoms. The van der Waals surface area contributed by atoms with Crippen LogP contribution in [0.3, 0.4) is 0 Å². The number of thioether (sulfide) groups is 1. The SMILES string of the molecule is COc1cccc(C(=O)NCc2nnc(SCC(=O)Nc3cc(C)ccc3C)n2-c2cccc(C(F)(F)F)c2)c1. The van der Waals surface area contributed by atoms with E-state index in [1.54, 1.807) is 24.3 Å². The van der Waals surface area contributed by atoms with Crippen molar-refractivity contribution in [1.82, 2.24) is 20.1 Å². The minimum atomic E-state index is -4.57. The Morgan fingerprint density at radius 1 is 1.00 bits per heavy atom. The number of anilines is 1. The lowest BCUT2D eigenvalue weighted by Gasteiger charge is -2.14. The Kier molecular flexibility index (Phi) is 8.78. The van der Waals surface area contributed by atoms with E-state index < -0.39 is 17.6 Å². The van der Waals surface area contributed by atoms with Gasteiger partial charge in [-0.15, -0.1) is 10.2 Å². The van der Waals surface area contributed by atoms with Crippen molar-refractivity contribution < 1.29 is 27.5 Å². The first kappa shape index (κ1) is 28.7. The molecule has 0 fully saturated rings. The lowest BCUT2D eigenvalue weighted by molar-refractivity contribution is -0.137. The van der Waals surface area contributed by atoms with E-state index in [1.807, 2.05) is 32.0 Å². The highest BCUT2D eigenvalue weighted by atomic mass is 32.2. The van der Waals surface area contributed by atoms with Crippen LogP contribution in [-0.4, -0.2) is 39.4 Å². The van der Waals surface area contributed by atoms with Crippen LogP contribution >= 0.6 is 11.8 Å². The molecule has 2 N–H and O–H groups in total. The van der Waals surface area contributed by atoms with E-state index in [4.69, 9.17) is 4.74 Å². The van der Waals surface area contributed by atoms with Crippen molar-refractivity contribution in [3.05, 3.63) is 94.8 Å². The van der Waals surface area contributed by atoms with E-state index in [0.29, 0.717) is 17.0 Å². The van der Waals surface area contributed by atoms with Gasteiger partial charge in [-0.2, -0.15) is 13.2 Å². The van der Waals surface area contributed by atoms with Gasteiger partial charge in [0.1, 0.15) is 5.75 Å². The molecule has 0 aliphatic rings. The number of hydrogen-bond donors (Lipinski definition) is 2. The number of aryl methyl sites for hydroxylation is 2. The van der Waals surface area contributed by atoms with Crippen LogP contribution in [0, 0.1) is 13.8 Å². The number of carbonyl (C=O) groups excluding carboxylic acids is 2. The summed E-state index contributed by atoms with van der Waals surface area (Å²) in [6.07, 6.45) is -4.57. The standard InChI is InChI=1S/C28H26F3N5O3S/c1-17-10-11-18(2)23(12-17)33-25(37)16-40-27-35-34-24(15-32-26(38)19-6-4-9-22(13-19)39-3)36(27)21-8-5-7-20(14-21)28(29,30)31/h4-14H,15-16H2,1-3H3,(H,32,38)(H,33,37). The zero-order valence-corrected chi connectivity index (χ0v) is 22.7. The maximum atomic E-state index is 13.5. The lowest BCUT2D eigenvalue weighted by Crippen LogP contribution is -2.24. The van der Waals surface area contributed by atoms with Crippen molar-refractivity contribution in [3.63, 3.8) is 0 Å². The molecule has 208 valence electrons. The number of alkyl halides is 3. The molecule has 8 nitrogen and oxygen atoms in total. The topological polar surface area (TPSA) is 98.1 Å². The predicted molar refractivity (Wildman–Crippen MR) is 146 cm³/mol. The van der Waals surface area contributed by atoms with Gasteiger partial charge in [0.25, 0.3) is 5.91 Å². The number of nitrogens with one attached hydrogen (secondary N) is 2.